The molecule has 0 bridgehead atoms. The summed E-state index contributed by atoms with van der Waals surface area (Å²) < 4.78 is 6.21. The molecule has 2 aliphatic rings. The molecule has 0 atom stereocenters. The van der Waals surface area contributed by atoms with Gasteiger partial charge in [0.25, 0.3) is 0 Å². The van der Waals surface area contributed by atoms with E-state index in [1.807, 2.05) is 74.6 Å². The number of hydrogen-bond donors (Lipinski definition) is 1. The van der Waals surface area contributed by atoms with Gasteiger partial charge in [-0.25, -0.2) is 0 Å². The van der Waals surface area contributed by atoms with Crippen LogP contribution < -0.4 is 5.32 Å². The lowest BCUT2D eigenvalue weighted by Crippen LogP contribution is -2.14. The number of furan rings is 1. The third kappa shape index (κ3) is 12.0. The van der Waals surface area contributed by atoms with E-state index in [4.69, 9.17) is 4.42 Å². The lowest BCUT2D eigenvalue weighted by atomic mass is 9.93. The van der Waals surface area contributed by atoms with Crippen molar-refractivity contribution in [2.75, 3.05) is 6.54 Å². The second-order valence-electron chi connectivity index (χ2n) is 11.5. The molecule has 1 aromatic heterocycles. The highest BCUT2D eigenvalue weighted by molar-refractivity contribution is 5.85. The van der Waals surface area contributed by atoms with E-state index in [2.05, 4.69) is 159 Å². The van der Waals surface area contributed by atoms with Crippen LogP contribution in [-0.4, -0.2) is 6.54 Å². The predicted octanol–water partition coefficient (Wildman–Crippen LogP) is 12.9. The van der Waals surface area contributed by atoms with Crippen LogP contribution in [0.5, 0.6) is 0 Å². The lowest BCUT2D eigenvalue weighted by Gasteiger charge is -2.12. The summed E-state index contributed by atoms with van der Waals surface area (Å²) in [7, 11) is 0. The highest BCUT2D eigenvalue weighted by atomic mass is 16.3. The Hall–Kier alpha value is -5.86. The van der Waals surface area contributed by atoms with Crippen LogP contribution in [0.3, 0.4) is 0 Å². The molecule has 0 unspecified atom stereocenters. The average molecular weight is 656 g/mol. The maximum Gasteiger partial charge on any atom is 0.135 e. The minimum atomic E-state index is 0.484. The molecule has 1 aliphatic carbocycles. The molecule has 0 radical (unpaired) electrons. The monoisotopic (exact) mass is 655 g/mol. The second kappa shape index (κ2) is 21.2. The highest BCUT2D eigenvalue weighted by Gasteiger charge is 2.10. The summed E-state index contributed by atoms with van der Waals surface area (Å²) in [5.74, 6) is 1.32. The number of fused-ring (bicyclic) bond motifs is 1. The van der Waals surface area contributed by atoms with Crippen LogP contribution in [0, 0.1) is 0 Å². The van der Waals surface area contributed by atoms with Gasteiger partial charge in [-0.15, -0.1) is 0 Å². The van der Waals surface area contributed by atoms with Gasteiger partial charge in [-0.3, -0.25) is 0 Å². The van der Waals surface area contributed by atoms with Gasteiger partial charge < -0.3 is 9.73 Å². The standard InChI is InChI=1S/C32H29NO.C14H14.C2H6/c1-26-16-8-5-6-9-18-27(19-12-11-17-26)30-24-28(20-10-4-2-3-7-15-23-33-30)32-25-29-21-13-14-22-31(29)34-32;1-12(13-8-4-2-5-9-13)14-10-6-3-7-11-14;1-2/h2-22,24-25,33H,23H2,1H3;2-12H,1H3;1-2H3/b3-2-,6-5+,8-5?,9-6?,10-4-,12-11-,15-7+,16-8-,17-11?,18-9+,19-12?,26-16?,26-17-,27-18?,27-19+,28-20+,30-24-;;. The van der Waals surface area contributed by atoms with Gasteiger partial charge in [-0.2, -0.15) is 0 Å². The summed E-state index contributed by atoms with van der Waals surface area (Å²) in [5.41, 5.74) is 7.90. The van der Waals surface area contributed by atoms with Crippen LogP contribution >= 0.6 is 0 Å². The van der Waals surface area contributed by atoms with Crippen LogP contribution in [0.4, 0.5) is 0 Å². The number of allylic oxidation sites excluding steroid dienone is 19. The third-order valence-corrected chi connectivity index (χ3v) is 7.90. The molecular weight excluding hydrogens is 607 g/mol. The Morgan fingerprint density at radius 3 is 1.86 bits per heavy atom. The summed E-state index contributed by atoms with van der Waals surface area (Å²) in [5, 5.41) is 4.68. The first-order valence-corrected chi connectivity index (χ1v) is 17.5. The van der Waals surface area contributed by atoms with E-state index in [0.29, 0.717) is 12.5 Å². The number of hydrogen-bond acceptors (Lipinski definition) is 2. The van der Waals surface area contributed by atoms with Gasteiger partial charge in [0.05, 0.1) is 0 Å². The SMILES string of the molecule is CC.CC(c1ccccc1)c1ccccc1.CC1=C\C=C/C=C(/C2=C/C(c3cc4ccccc4o3)=C\C=C/C=C\C=C\CN2)\C=C\C=C\C=C/1. The van der Waals surface area contributed by atoms with Crippen molar-refractivity contribution in [2.45, 2.75) is 33.6 Å². The predicted molar refractivity (Wildman–Crippen MR) is 218 cm³/mol. The van der Waals surface area contributed by atoms with E-state index >= 15 is 0 Å². The molecular formula is C48H49NO. The molecule has 0 saturated heterocycles. The topological polar surface area (TPSA) is 25.2 Å². The zero-order valence-electron chi connectivity index (χ0n) is 29.7. The van der Waals surface area contributed by atoms with Gasteiger partial charge in [0, 0.05) is 29.1 Å². The fraction of sp³-hybridized carbons (Fsp3) is 0.125. The van der Waals surface area contributed by atoms with Crippen LogP contribution in [0.25, 0.3) is 16.5 Å². The summed E-state index contributed by atoms with van der Waals surface area (Å²) in [6.07, 6.45) is 37.3. The Balaban J connectivity index is 0.000000291. The van der Waals surface area contributed by atoms with E-state index in [1.165, 1.54) is 16.7 Å². The Bertz CT molecular complexity index is 1890. The molecule has 252 valence electrons. The van der Waals surface area contributed by atoms with Crippen molar-refractivity contribution in [3.05, 3.63) is 234 Å². The Morgan fingerprint density at radius 1 is 0.580 bits per heavy atom. The third-order valence-electron chi connectivity index (χ3n) is 7.90. The first-order valence-electron chi connectivity index (χ1n) is 17.5. The molecule has 0 amide bonds. The van der Waals surface area contributed by atoms with Crippen molar-refractivity contribution in [2.24, 2.45) is 0 Å². The normalized spacial score (nSPS) is 23.2. The zero-order valence-corrected chi connectivity index (χ0v) is 29.7. The van der Waals surface area contributed by atoms with Crippen molar-refractivity contribution in [3.8, 4) is 0 Å². The molecule has 0 spiro atoms. The first kappa shape index (κ1) is 37.0. The van der Waals surface area contributed by atoms with Gasteiger partial charge in [0.2, 0.25) is 0 Å². The first-order chi connectivity index (χ1) is 24.7. The number of para-hydroxylation sites is 1. The highest BCUT2D eigenvalue weighted by Crippen LogP contribution is 2.28. The number of benzene rings is 3. The van der Waals surface area contributed by atoms with Gasteiger partial charge in [0.1, 0.15) is 11.3 Å². The van der Waals surface area contributed by atoms with E-state index < -0.39 is 0 Å². The molecule has 1 aliphatic heterocycles. The van der Waals surface area contributed by atoms with Gasteiger partial charge in [-0.05, 0) is 41.8 Å². The quantitative estimate of drug-likeness (QED) is 0.237. The van der Waals surface area contributed by atoms with Crippen LogP contribution in [0.2, 0.25) is 0 Å². The second-order valence-corrected chi connectivity index (χ2v) is 11.5. The fourth-order valence-corrected chi connectivity index (χ4v) is 5.21. The molecule has 4 aromatic rings. The van der Waals surface area contributed by atoms with Crippen LogP contribution in [-0.2, 0) is 0 Å². The molecule has 1 N–H and O–H groups in total. The van der Waals surface area contributed by atoms with Crippen molar-refractivity contribution in [3.63, 3.8) is 0 Å². The molecule has 0 saturated carbocycles. The molecule has 2 nitrogen and oxygen atoms in total. The Kier molecular flexibility index (Phi) is 15.7. The maximum atomic E-state index is 6.21. The van der Waals surface area contributed by atoms with E-state index in [-0.39, 0.29) is 0 Å². The van der Waals surface area contributed by atoms with E-state index in [1.54, 1.807) is 0 Å². The zero-order chi connectivity index (χ0) is 35.2. The van der Waals surface area contributed by atoms with Crippen molar-refractivity contribution >= 4 is 16.5 Å². The number of nitrogens with one attached hydrogen (secondary N) is 1. The molecule has 3 aromatic carbocycles. The summed E-state index contributed by atoms with van der Waals surface area (Å²) in [6.45, 7) is 9.04. The smallest absolute Gasteiger partial charge is 0.135 e. The van der Waals surface area contributed by atoms with Crippen LogP contribution in [0.1, 0.15) is 50.5 Å². The van der Waals surface area contributed by atoms with Crippen molar-refractivity contribution in [1.29, 1.82) is 0 Å². The summed E-state index contributed by atoms with van der Waals surface area (Å²) >= 11 is 0. The summed E-state index contributed by atoms with van der Waals surface area (Å²) in [6, 6.07) is 31.4. The van der Waals surface area contributed by atoms with Gasteiger partial charge >= 0.3 is 0 Å². The largest absolute Gasteiger partial charge is 0.456 e. The molecule has 50 heavy (non-hydrogen) atoms. The molecule has 2 heteroatoms. The van der Waals surface area contributed by atoms with Crippen LogP contribution in [0.15, 0.2) is 222 Å². The van der Waals surface area contributed by atoms with Crippen molar-refractivity contribution < 1.29 is 4.42 Å². The molecule has 2 heterocycles. The van der Waals surface area contributed by atoms with Gasteiger partial charge in [0.15, 0.2) is 0 Å². The Labute approximate surface area is 299 Å². The molecule has 6 rings (SSSR count). The average Bonchev–Trinajstić information content (AvgIpc) is 3.59. The molecule has 0 fully saturated rings. The minimum Gasteiger partial charge on any atom is -0.456 e. The van der Waals surface area contributed by atoms with Gasteiger partial charge in [-0.1, -0.05) is 208 Å². The number of rotatable bonds is 4. The summed E-state index contributed by atoms with van der Waals surface area (Å²) in [4.78, 5) is 0. The fourth-order valence-electron chi connectivity index (χ4n) is 5.21. The van der Waals surface area contributed by atoms with Crippen molar-refractivity contribution in [1.82, 2.24) is 5.32 Å². The Morgan fingerprint density at radius 2 is 1.14 bits per heavy atom. The van der Waals surface area contributed by atoms with E-state index in [0.717, 1.165) is 33.6 Å². The minimum absolute atomic E-state index is 0.484. The maximum absolute atomic E-state index is 6.21. The van der Waals surface area contributed by atoms with E-state index in [9.17, 15) is 0 Å². The lowest BCUT2D eigenvalue weighted by molar-refractivity contribution is 0.601.